The number of rotatable bonds is 6. The van der Waals surface area contributed by atoms with Crippen LogP contribution in [0.5, 0.6) is 0 Å². The van der Waals surface area contributed by atoms with Crippen LogP contribution in [0.25, 0.3) is 0 Å². The Morgan fingerprint density at radius 3 is 2.57 bits per heavy atom. The Kier molecular flexibility index (Phi) is 6.23. The highest BCUT2D eigenvalue weighted by Gasteiger charge is 2.52. The van der Waals surface area contributed by atoms with Crippen LogP contribution < -0.4 is 10.7 Å². The maximum atomic E-state index is 12.6. The number of ether oxygens (including phenoxy) is 1. The molecule has 1 saturated carbocycles. The molecule has 1 atom stereocenters. The lowest BCUT2D eigenvalue weighted by molar-refractivity contribution is -0.150. The SMILES string of the molecule is C[C@H](Sc1ccccc1)C(=O)OCC(=O)NN1C(=O)NC2(CCCCC2)C1=O. The molecule has 0 aromatic heterocycles. The van der Waals surface area contributed by atoms with E-state index in [9.17, 15) is 19.2 Å². The number of hydrogen-bond acceptors (Lipinski definition) is 6. The Hall–Kier alpha value is -2.55. The Labute approximate surface area is 167 Å². The van der Waals surface area contributed by atoms with E-state index < -0.39 is 41.2 Å². The number of carbonyl (C=O) groups excluding carboxylic acids is 4. The zero-order valence-corrected chi connectivity index (χ0v) is 16.4. The van der Waals surface area contributed by atoms with Crippen LogP contribution in [0.1, 0.15) is 39.0 Å². The molecule has 2 N–H and O–H groups in total. The number of nitrogens with zero attached hydrogens (tertiary/aromatic N) is 1. The molecule has 1 aromatic carbocycles. The fourth-order valence-corrected chi connectivity index (χ4v) is 4.27. The molecule has 4 amide bonds. The number of carbonyl (C=O) groups is 4. The molecule has 1 aliphatic heterocycles. The highest BCUT2D eigenvalue weighted by atomic mass is 32.2. The van der Waals surface area contributed by atoms with Crippen LogP contribution in [-0.4, -0.2) is 46.2 Å². The van der Waals surface area contributed by atoms with E-state index in [1.807, 2.05) is 30.3 Å². The third kappa shape index (κ3) is 4.46. The minimum atomic E-state index is -0.917. The number of nitrogens with one attached hydrogen (secondary N) is 2. The number of thioether (sulfide) groups is 1. The summed E-state index contributed by atoms with van der Waals surface area (Å²) >= 11 is 1.32. The van der Waals surface area contributed by atoms with Crippen LogP contribution in [0, 0.1) is 0 Å². The largest absolute Gasteiger partial charge is 0.455 e. The van der Waals surface area contributed by atoms with E-state index in [1.54, 1.807) is 6.92 Å². The predicted molar refractivity (Wildman–Crippen MR) is 102 cm³/mol. The number of imide groups is 1. The van der Waals surface area contributed by atoms with Gasteiger partial charge in [0.15, 0.2) is 6.61 Å². The molecule has 1 spiro atoms. The number of amides is 4. The van der Waals surface area contributed by atoms with Crippen molar-refractivity contribution in [3.8, 4) is 0 Å². The van der Waals surface area contributed by atoms with Gasteiger partial charge in [0.2, 0.25) is 0 Å². The standard InChI is InChI=1S/C19H23N3O5S/c1-13(28-14-8-4-2-5-9-14)16(24)27-12-15(23)21-22-17(25)19(20-18(22)26)10-6-3-7-11-19/h2,4-5,8-9,13H,3,6-7,10-12H2,1H3,(H,20,26)(H,21,23)/t13-/m0/s1. The Morgan fingerprint density at radius 1 is 1.21 bits per heavy atom. The maximum Gasteiger partial charge on any atom is 0.344 e. The molecule has 2 fully saturated rings. The molecule has 0 unspecified atom stereocenters. The van der Waals surface area contributed by atoms with E-state index in [0.717, 1.165) is 24.2 Å². The summed E-state index contributed by atoms with van der Waals surface area (Å²) in [5.74, 6) is -1.74. The lowest BCUT2D eigenvalue weighted by Crippen LogP contribution is -2.51. The summed E-state index contributed by atoms with van der Waals surface area (Å²) in [6, 6.07) is 8.71. The van der Waals surface area contributed by atoms with Crippen molar-refractivity contribution in [2.24, 2.45) is 0 Å². The number of urea groups is 1. The molecule has 1 saturated heterocycles. The first-order valence-corrected chi connectivity index (χ1v) is 10.1. The first kappa shape index (κ1) is 20.2. The lowest BCUT2D eigenvalue weighted by Gasteiger charge is -2.30. The van der Waals surface area contributed by atoms with Crippen LogP contribution >= 0.6 is 11.8 Å². The molecule has 1 heterocycles. The summed E-state index contributed by atoms with van der Waals surface area (Å²) in [5.41, 5.74) is 1.33. The average molecular weight is 405 g/mol. The zero-order valence-electron chi connectivity index (χ0n) is 15.6. The van der Waals surface area contributed by atoms with Gasteiger partial charge in [0, 0.05) is 4.90 Å². The summed E-state index contributed by atoms with van der Waals surface area (Å²) in [7, 11) is 0. The Bertz CT molecular complexity index is 764. The molecular formula is C19H23N3O5S. The monoisotopic (exact) mass is 405 g/mol. The Balaban J connectivity index is 1.48. The van der Waals surface area contributed by atoms with Crippen molar-refractivity contribution in [1.82, 2.24) is 15.8 Å². The van der Waals surface area contributed by atoms with Crippen molar-refractivity contribution in [3.63, 3.8) is 0 Å². The van der Waals surface area contributed by atoms with Gasteiger partial charge in [0.25, 0.3) is 11.8 Å². The second-order valence-corrected chi connectivity index (χ2v) is 8.34. The van der Waals surface area contributed by atoms with Gasteiger partial charge in [-0.05, 0) is 31.9 Å². The molecule has 9 heteroatoms. The molecule has 0 radical (unpaired) electrons. The van der Waals surface area contributed by atoms with E-state index in [2.05, 4.69) is 10.7 Å². The van der Waals surface area contributed by atoms with Crippen LogP contribution in [0.2, 0.25) is 0 Å². The van der Waals surface area contributed by atoms with Gasteiger partial charge in [0.1, 0.15) is 10.8 Å². The van der Waals surface area contributed by atoms with Crippen LogP contribution in [0.4, 0.5) is 4.79 Å². The van der Waals surface area contributed by atoms with E-state index in [0.29, 0.717) is 17.9 Å². The van der Waals surface area contributed by atoms with Crippen LogP contribution in [0.3, 0.4) is 0 Å². The highest BCUT2D eigenvalue weighted by Crippen LogP contribution is 2.33. The summed E-state index contributed by atoms with van der Waals surface area (Å²) in [6.45, 7) is 1.12. The average Bonchev–Trinajstić information content (AvgIpc) is 2.91. The third-order valence-electron chi connectivity index (χ3n) is 4.84. The molecule has 2 aliphatic rings. The van der Waals surface area contributed by atoms with Gasteiger partial charge in [-0.15, -0.1) is 11.8 Å². The van der Waals surface area contributed by atoms with Crippen LogP contribution in [0.15, 0.2) is 35.2 Å². The molecule has 150 valence electrons. The van der Waals surface area contributed by atoms with E-state index in [-0.39, 0.29) is 0 Å². The number of hydrazine groups is 1. The molecule has 1 aromatic rings. The fraction of sp³-hybridized carbons (Fsp3) is 0.474. The number of esters is 1. The van der Waals surface area contributed by atoms with Crippen molar-refractivity contribution in [2.75, 3.05) is 6.61 Å². The van der Waals surface area contributed by atoms with Crippen molar-refractivity contribution >= 4 is 35.6 Å². The van der Waals surface area contributed by atoms with Gasteiger partial charge in [-0.1, -0.05) is 37.5 Å². The topological polar surface area (TPSA) is 105 Å². The molecule has 1 aliphatic carbocycles. The van der Waals surface area contributed by atoms with Crippen molar-refractivity contribution in [3.05, 3.63) is 30.3 Å². The van der Waals surface area contributed by atoms with Gasteiger partial charge in [-0.2, -0.15) is 5.01 Å². The highest BCUT2D eigenvalue weighted by molar-refractivity contribution is 8.00. The van der Waals surface area contributed by atoms with Gasteiger partial charge in [-0.25, -0.2) is 4.79 Å². The van der Waals surface area contributed by atoms with Crippen molar-refractivity contribution in [1.29, 1.82) is 0 Å². The minimum absolute atomic E-state index is 0.454. The molecular weight excluding hydrogens is 382 g/mol. The van der Waals surface area contributed by atoms with Gasteiger partial charge < -0.3 is 10.1 Å². The maximum absolute atomic E-state index is 12.6. The quantitative estimate of drug-likeness (QED) is 0.426. The van der Waals surface area contributed by atoms with Gasteiger partial charge in [-0.3, -0.25) is 19.8 Å². The molecule has 28 heavy (non-hydrogen) atoms. The molecule has 8 nitrogen and oxygen atoms in total. The Morgan fingerprint density at radius 2 is 1.89 bits per heavy atom. The van der Waals surface area contributed by atoms with Gasteiger partial charge in [0.05, 0.1) is 0 Å². The van der Waals surface area contributed by atoms with Crippen LogP contribution in [-0.2, 0) is 19.1 Å². The first-order chi connectivity index (χ1) is 13.4. The third-order valence-corrected chi connectivity index (χ3v) is 5.93. The fourth-order valence-electron chi connectivity index (χ4n) is 3.38. The summed E-state index contributed by atoms with van der Waals surface area (Å²) in [5, 5.41) is 2.89. The molecule has 0 bridgehead atoms. The van der Waals surface area contributed by atoms with Gasteiger partial charge >= 0.3 is 12.0 Å². The lowest BCUT2D eigenvalue weighted by atomic mass is 9.82. The minimum Gasteiger partial charge on any atom is -0.455 e. The second-order valence-electron chi connectivity index (χ2n) is 6.93. The van der Waals surface area contributed by atoms with E-state index >= 15 is 0 Å². The molecule has 3 rings (SSSR count). The summed E-state index contributed by atoms with van der Waals surface area (Å²) < 4.78 is 5.01. The first-order valence-electron chi connectivity index (χ1n) is 9.26. The summed E-state index contributed by atoms with van der Waals surface area (Å²) in [6.07, 6.45) is 3.84. The predicted octanol–water partition coefficient (Wildman–Crippen LogP) is 2.00. The van der Waals surface area contributed by atoms with Crippen molar-refractivity contribution in [2.45, 2.75) is 54.7 Å². The number of benzene rings is 1. The second kappa shape index (κ2) is 8.64. The zero-order chi connectivity index (χ0) is 20.1. The van der Waals surface area contributed by atoms with Crippen molar-refractivity contribution < 1.29 is 23.9 Å². The summed E-state index contributed by atoms with van der Waals surface area (Å²) in [4.78, 5) is 49.8. The number of hydrogen-bond donors (Lipinski definition) is 2. The smallest absolute Gasteiger partial charge is 0.344 e. The van der Waals surface area contributed by atoms with E-state index in [4.69, 9.17) is 4.74 Å². The van der Waals surface area contributed by atoms with E-state index in [1.165, 1.54) is 11.8 Å². The normalized spacial score (nSPS) is 19.2.